The first-order chi connectivity index (χ1) is 7.68. The van der Waals surface area contributed by atoms with Gasteiger partial charge in [-0.25, -0.2) is 4.98 Å². The van der Waals surface area contributed by atoms with Gasteiger partial charge < -0.3 is 10.5 Å². The monoisotopic (exact) mass is 215 g/mol. The molecule has 4 nitrogen and oxygen atoms in total. The van der Waals surface area contributed by atoms with E-state index in [4.69, 9.17) is 10.5 Å². The Kier molecular flexibility index (Phi) is 2.72. The highest BCUT2D eigenvalue weighted by molar-refractivity contribution is 5.48. The normalized spacial score (nSPS) is 10.1. The van der Waals surface area contributed by atoms with E-state index in [9.17, 15) is 0 Å². The summed E-state index contributed by atoms with van der Waals surface area (Å²) in [4.78, 5) is 7.80. The lowest BCUT2D eigenvalue weighted by Crippen LogP contribution is -1.97. The quantitative estimate of drug-likeness (QED) is 0.835. The minimum Gasteiger partial charge on any atom is -0.437 e. The van der Waals surface area contributed by atoms with Crippen molar-refractivity contribution < 1.29 is 4.74 Å². The van der Waals surface area contributed by atoms with Crippen LogP contribution in [0, 0.1) is 13.8 Å². The molecule has 1 aromatic carbocycles. The van der Waals surface area contributed by atoms with E-state index in [1.54, 1.807) is 0 Å². The van der Waals surface area contributed by atoms with Gasteiger partial charge in [0.05, 0.1) is 6.20 Å². The summed E-state index contributed by atoms with van der Waals surface area (Å²) in [7, 11) is 0. The molecule has 0 radical (unpaired) electrons. The van der Waals surface area contributed by atoms with Gasteiger partial charge in [0.1, 0.15) is 17.8 Å². The van der Waals surface area contributed by atoms with E-state index in [-0.39, 0.29) is 0 Å². The first kappa shape index (κ1) is 10.4. The van der Waals surface area contributed by atoms with E-state index in [2.05, 4.69) is 9.97 Å². The van der Waals surface area contributed by atoms with Crippen molar-refractivity contribution in [1.82, 2.24) is 9.97 Å². The standard InChI is InChI=1S/C12H13N3O/c1-8-4-3-5-11(9(8)2)16-12-10(13)6-14-7-15-12/h3-7H,13H2,1-2H3. The molecule has 0 saturated heterocycles. The fourth-order valence-electron chi connectivity index (χ4n) is 1.35. The van der Waals surface area contributed by atoms with Crippen LogP contribution in [0.2, 0.25) is 0 Å². The Bertz CT molecular complexity index is 511. The van der Waals surface area contributed by atoms with E-state index in [0.717, 1.165) is 11.3 Å². The van der Waals surface area contributed by atoms with Crippen LogP contribution in [-0.4, -0.2) is 9.97 Å². The second-order valence-corrected chi connectivity index (χ2v) is 3.58. The lowest BCUT2D eigenvalue weighted by molar-refractivity contribution is 0.460. The van der Waals surface area contributed by atoms with Crippen LogP contribution in [0.5, 0.6) is 11.6 Å². The highest BCUT2D eigenvalue weighted by atomic mass is 16.5. The van der Waals surface area contributed by atoms with Crippen LogP contribution in [0.4, 0.5) is 5.69 Å². The smallest absolute Gasteiger partial charge is 0.245 e. The van der Waals surface area contributed by atoms with Crippen molar-refractivity contribution in [2.75, 3.05) is 5.73 Å². The molecule has 0 saturated carbocycles. The largest absolute Gasteiger partial charge is 0.437 e. The van der Waals surface area contributed by atoms with Crippen LogP contribution >= 0.6 is 0 Å². The van der Waals surface area contributed by atoms with Gasteiger partial charge in [-0.15, -0.1) is 0 Å². The van der Waals surface area contributed by atoms with Crippen LogP contribution in [-0.2, 0) is 0 Å². The molecule has 0 aliphatic rings. The summed E-state index contributed by atoms with van der Waals surface area (Å²) in [5.74, 6) is 1.16. The molecule has 0 spiro atoms. The molecule has 4 heteroatoms. The van der Waals surface area contributed by atoms with Gasteiger partial charge in [0, 0.05) is 0 Å². The van der Waals surface area contributed by atoms with Crippen molar-refractivity contribution in [3.63, 3.8) is 0 Å². The molecule has 0 unspecified atom stereocenters. The van der Waals surface area contributed by atoms with Crippen LogP contribution in [0.15, 0.2) is 30.7 Å². The highest BCUT2D eigenvalue weighted by Crippen LogP contribution is 2.27. The van der Waals surface area contributed by atoms with Crippen molar-refractivity contribution in [3.05, 3.63) is 41.9 Å². The van der Waals surface area contributed by atoms with Crippen molar-refractivity contribution in [3.8, 4) is 11.6 Å². The van der Waals surface area contributed by atoms with Gasteiger partial charge in [0.15, 0.2) is 0 Å². The maximum absolute atomic E-state index is 5.71. The van der Waals surface area contributed by atoms with Gasteiger partial charge >= 0.3 is 0 Å². The average molecular weight is 215 g/mol. The summed E-state index contributed by atoms with van der Waals surface area (Å²) in [6.07, 6.45) is 2.93. The second kappa shape index (κ2) is 4.18. The maximum Gasteiger partial charge on any atom is 0.245 e. The van der Waals surface area contributed by atoms with Gasteiger partial charge in [-0.1, -0.05) is 12.1 Å². The summed E-state index contributed by atoms with van der Waals surface area (Å²) in [6, 6.07) is 5.87. The fraction of sp³-hybridized carbons (Fsp3) is 0.167. The lowest BCUT2D eigenvalue weighted by Gasteiger charge is -2.10. The Labute approximate surface area is 94.1 Å². The van der Waals surface area contributed by atoms with Crippen molar-refractivity contribution >= 4 is 5.69 Å². The number of anilines is 1. The highest BCUT2D eigenvalue weighted by Gasteiger charge is 2.06. The topological polar surface area (TPSA) is 61.0 Å². The zero-order chi connectivity index (χ0) is 11.5. The van der Waals surface area contributed by atoms with Crippen molar-refractivity contribution in [1.29, 1.82) is 0 Å². The lowest BCUT2D eigenvalue weighted by atomic mass is 10.1. The molecule has 2 aromatic rings. The summed E-state index contributed by atoms with van der Waals surface area (Å²) >= 11 is 0. The average Bonchev–Trinajstić information content (AvgIpc) is 2.28. The number of nitrogen functional groups attached to an aromatic ring is 1. The van der Waals surface area contributed by atoms with E-state index >= 15 is 0 Å². The number of rotatable bonds is 2. The molecule has 1 aromatic heterocycles. The van der Waals surface area contributed by atoms with Gasteiger partial charge in [-0.2, -0.15) is 4.98 Å². The molecular formula is C12H13N3O. The van der Waals surface area contributed by atoms with Crippen LogP contribution in [0.1, 0.15) is 11.1 Å². The number of hydrogen-bond donors (Lipinski definition) is 1. The molecule has 1 heterocycles. The van der Waals surface area contributed by atoms with Crippen molar-refractivity contribution in [2.45, 2.75) is 13.8 Å². The van der Waals surface area contributed by atoms with Gasteiger partial charge in [0.25, 0.3) is 0 Å². The SMILES string of the molecule is Cc1cccc(Oc2ncncc2N)c1C. The Balaban J connectivity index is 2.35. The maximum atomic E-state index is 5.71. The van der Waals surface area contributed by atoms with Gasteiger partial charge in [-0.05, 0) is 31.0 Å². The summed E-state index contributed by atoms with van der Waals surface area (Å²) in [5, 5.41) is 0. The zero-order valence-corrected chi connectivity index (χ0v) is 9.27. The zero-order valence-electron chi connectivity index (χ0n) is 9.27. The van der Waals surface area contributed by atoms with Crippen LogP contribution in [0.3, 0.4) is 0 Å². The van der Waals surface area contributed by atoms with Gasteiger partial charge in [-0.3, -0.25) is 0 Å². The fourth-order valence-corrected chi connectivity index (χ4v) is 1.35. The third kappa shape index (κ3) is 1.95. The summed E-state index contributed by atoms with van der Waals surface area (Å²) in [6.45, 7) is 4.04. The molecular weight excluding hydrogens is 202 g/mol. The first-order valence-electron chi connectivity index (χ1n) is 4.98. The van der Waals surface area contributed by atoms with Crippen LogP contribution in [0.25, 0.3) is 0 Å². The number of hydrogen-bond acceptors (Lipinski definition) is 4. The third-order valence-corrected chi connectivity index (χ3v) is 2.46. The number of aryl methyl sites for hydroxylation is 1. The molecule has 2 N–H and O–H groups in total. The van der Waals surface area contributed by atoms with E-state index in [1.807, 2.05) is 32.0 Å². The number of nitrogens with zero attached hydrogens (tertiary/aromatic N) is 2. The van der Waals surface area contributed by atoms with E-state index in [0.29, 0.717) is 11.6 Å². The Morgan fingerprint density at radius 1 is 1.25 bits per heavy atom. The predicted octanol–water partition coefficient (Wildman–Crippen LogP) is 2.47. The molecule has 0 amide bonds. The molecule has 0 aliphatic heterocycles. The molecule has 0 fully saturated rings. The molecule has 0 aliphatic carbocycles. The molecule has 0 bridgehead atoms. The Hall–Kier alpha value is -2.10. The van der Waals surface area contributed by atoms with Crippen molar-refractivity contribution in [2.24, 2.45) is 0 Å². The molecule has 0 atom stereocenters. The second-order valence-electron chi connectivity index (χ2n) is 3.58. The molecule has 16 heavy (non-hydrogen) atoms. The molecule has 2 rings (SSSR count). The summed E-state index contributed by atoms with van der Waals surface area (Å²) < 4.78 is 5.64. The number of nitrogens with two attached hydrogens (primary N) is 1. The minimum absolute atomic E-state index is 0.392. The summed E-state index contributed by atoms with van der Waals surface area (Å²) in [5.41, 5.74) is 8.40. The minimum atomic E-state index is 0.392. The number of ether oxygens (including phenoxy) is 1. The Morgan fingerprint density at radius 2 is 2.06 bits per heavy atom. The number of aromatic nitrogens is 2. The first-order valence-corrected chi connectivity index (χ1v) is 4.98. The number of benzene rings is 1. The predicted molar refractivity (Wildman–Crippen MR) is 62.4 cm³/mol. The van der Waals surface area contributed by atoms with Gasteiger partial charge in [0.2, 0.25) is 5.88 Å². The van der Waals surface area contributed by atoms with E-state index in [1.165, 1.54) is 18.1 Å². The Morgan fingerprint density at radius 3 is 2.81 bits per heavy atom. The van der Waals surface area contributed by atoms with Crippen LogP contribution < -0.4 is 10.5 Å². The van der Waals surface area contributed by atoms with E-state index < -0.39 is 0 Å². The molecule has 82 valence electrons. The third-order valence-electron chi connectivity index (χ3n) is 2.46.